The first-order valence-electron chi connectivity index (χ1n) is 13.2. The summed E-state index contributed by atoms with van der Waals surface area (Å²) < 4.78 is 12.9. The van der Waals surface area contributed by atoms with Crippen LogP contribution in [0.25, 0.3) is 11.4 Å². The molecule has 210 valence electrons. The first-order chi connectivity index (χ1) is 19.6. The Bertz CT molecular complexity index is 1750. The van der Waals surface area contributed by atoms with Crippen molar-refractivity contribution in [2.45, 2.75) is 46.2 Å². The number of nitrogens with zero attached hydrogens (tertiary/aromatic N) is 6. The van der Waals surface area contributed by atoms with Gasteiger partial charge < -0.3 is 19.4 Å². The molecule has 11 nitrogen and oxygen atoms in total. The molecule has 0 radical (unpaired) electrons. The van der Waals surface area contributed by atoms with Gasteiger partial charge in [-0.15, -0.1) is 0 Å². The van der Waals surface area contributed by atoms with Gasteiger partial charge in [-0.1, -0.05) is 23.7 Å². The van der Waals surface area contributed by atoms with Crippen molar-refractivity contribution in [2.24, 2.45) is 0 Å². The van der Waals surface area contributed by atoms with Crippen LogP contribution in [0.4, 0.5) is 11.4 Å². The number of aryl methyl sites for hydroxylation is 2. The zero-order chi connectivity index (χ0) is 29.2. The van der Waals surface area contributed by atoms with Gasteiger partial charge in [0.05, 0.1) is 41.4 Å². The van der Waals surface area contributed by atoms with E-state index >= 15 is 0 Å². The normalized spacial score (nSPS) is 17.3. The number of benzene rings is 1. The predicted molar refractivity (Wildman–Crippen MR) is 153 cm³/mol. The molecule has 4 aromatic rings. The lowest BCUT2D eigenvalue weighted by atomic mass is 9.86. The van der Waals surface area contributed by atoms with Crippen molar-refractivity contribution in [3.05, 3.63) is 69.9 Å². The number of ether oxygens (including phenoxy) is 2. The van der Waals surface area contributed by atoms with Gasteiger partial charge in [-0.3, -0.25) is 19.5 Å². The maximum Gasteiger partial charge on any atom is 0.319 e. The number of amides is 2. The number of carbonyl (C=O) groups excluding carboxylic acids is 2. The van der Waals surface area contributed by atoms with Crippen LogP contribution in [0.5, 0.6) is 11.9 Å². The number of methoxy groups -OCH3 is 1. The minimum absolute atomic E-state index is 0.132. The first kappa shape index (κ1) is 26.7. The Labute approximate surface area is 241 Å². The molecule has 5 heterocycles. The minimum Gasteiger partial charge on any atom is -0.480 e. The molecule has 0 saturated carbocycles. The Morgan fingerprint density at radius 1 is 1.10 bits per heavy atom. The van der Waals surface area contributed by atoms with Gasteiger partial charge in [-0.2, -0.15) is 4.98 Å². The number of rotatable bonds is 6. The number of imidazole rings is 1. The van der Waals surface area contributed by atoms with Gasteiger partial charge in [0.2, 0.25) is 5.88 Å². The van der Waals surface area contributed by atoms with Crippen LogP contribution in [0, 0.1) is 13.8 Å². The molecular formula is C29H28ClN7O4. The van der Waals surface area contributed by atoms with Crippen molar-refractivity contribution >= 4 is 34.8 Å². The molecule has 2 amide bonds. The first-order valence-corrected chi connectivity index (χ1v) is 13.6. The van der Waals surface area contributed by atoms with E-state index in [4.69, 9.17) is 26.1 Å². The second-order valence-electron chi connectivity index (χ2n) is 10.2. The third-order valence-corrected chi connectivity index (χ3v) is 7.57. The van der Waals surface area contributed by atoms with Crippen LogP contribution in [-0.2, 0) is 10.3 Å². The van der Waals surface area contributed by atoms with E-state index in [2.05, 4.69) is 20.3 Å². The molecule has 0 bridgehead atoms. The molecule has 1 atom stereocenters. The standard InChI is InChI=1S/C29H28ClN7O4/c1-7-41-28-32-13-18(25(35-28)40-6)24-34-22-23(36(24)14(2)3)29(19-9-8-15(4)10-20(19)33-27(29)39)37(26(22)38)21-11-17(30)12-31-16(21)5/h8-14H,7H2,1-6H3,(H,33,39). The molecule has 1 spiro atoms. The number of anilines is 2. The van der Waals surface area contributed by atoms with Crippen molar-refractivity contribution in [3.63, 3.8) is 0 Å². The van der Waals surface area contributed by atoms with Crippen LogP contribution in [0.1, 0.15) is 59.8 Å². The highest BCUT2D eigenvalue weighted by Crippen LogP contribution is 2.54. The highest BCUT2D eigenvalue weighted by atomic mass is 35.5. The monoisotopic (exact) mass is 573 g/mol. The molecular weight excluding hydrogens is 546 g/mol. The molecule has 41 heavy (non-hydrogen) atoms. The molecule has 1 unspecified atom stereocenters. The van der Waals surface area contributed by atoms with Crippen LogP contribution in [0.15, 0.2) is 36.7 Å². The number of hydrogen-bond donors (Lipinski definition) is 1. The summed E-state index contributed by atoms with van der Waals surface area (Å²) in [5.74, 6) is -0.212. The van der Waals surface area contributed by atoms with Gasteiger partial charge in [0.25, 0.3) is 11.8 Å². The Hall–Kier alpha value is -4.51. The number of pyridine rings is 1. The average molecular weight is 574 g/mol. The predicted octanol–water partition coefficient (Wildman–Crippen LogP) is 4.85. The van der Waals surface area contributed by atoms with Crippen LogP contribution in [0.2, 0.25) is 5.02 Å². The van der Waals surface area contributed by atoms with Gasteiger partial charge in [0.15, 0.2) is 11.2 Å². The highest BCUT2D eigenvalue weighted by molar-refractivity contribution is 6.31. The number of aromatic nitrogens is 5. The summed E-state index contributed by atoms with van der Waals surface area (Å²) in [6, 6.07) is 7.27. The summed E-state index contributed by atoms with van der Waals surface area (Å²) in [5, 5.41) is 3.37. The molecule has 3 aromatic heterocycles. The molecule has 0 aliphatic carbocycles. The van der Waals surface area contributed by atoms with E-state index in [1.54, 1.807) is 19.2 Å². The van der Waals surface area contributed by atoms with Gasteiger partial charge in [0.1, 0.15) is 5.82 Å². The van der Waals surface area contributed by atoms with Crippen molar-refractivity contribution in [3.8, 4) is 23.3 Å². The Balaban J connectivity index is 1.70. The zero-order valence-electron chi connectivity index (χ0n) is 23.4. The van der Waals surface area contributed by atoms with E-state index in [1.165, 1.54) is 18.2 Å². The Morgan fingerprint density at radius 2 is 1.88 bits per heavy atom. The van der Waals surface area contributed by atoms with Crippen LogP contribution in [0.3, 0.4) is 0 Å². The summed E-state index contributed by atoms with van der Waals surface area (Å²) in [6.45, 7) is 9.86. The number of nitrogens with one attached hydrogen (secondary N) is 1. The molecule has 2 aliphatic heterocycles. The van der Waals surface area contributed by atoms with E-state index < -0.39 is 11.4 Å². The molecule has 1 aromatic carbocycles. The van der Waals surface area contributed by atoms with Gasteiger partial charge >= 0.3 is 6.01 Å². The van der Waals surface area contributed by atoms with E-state index in [9.17, 15) is 9.59 Å². The lowest BCUT2D eigenvalue weighted by Crippen LogP contribution is -2.51. The summed E-state index contributed by atoms with van der Waals surface area (Å²) in [4.78, 5) is 48.3. The fraction of sp³-hybridized carbons (Fsp3) is 0.310. The fourth-order valence-corrected chi connectivity index (χ4v) is 5.88. The van der Waals surface area contributed by atoms with Gasteiger partial charge in [-0.25, -0.2) is 9.97 Å². The van der Waals surface area contributed by atoms with E-state index in [0.29, 0.717) is 51.3 Å². The summed E-state index contributed by atoms with van der Waals surface area (Å²) in [5.41, 5.74) is 2.61. The smallest absolute Gasteiger partial charge is 0.319 e. The fourth-order valence-electron chi connectivity index (χ4n) is 5.73. The topological polar surface area (TPSA) is 124 Å². The van der Waals surface area contributed by atoms with Crippen LogP contribution >= 0.6 is 11.6 Å². The van der Waals surface area contributed by atoms with Crippen molar-refractivity contribution in [2.75, 3.05) is 23.9 Å². The van der Waals surface area contributed by atoms with Crippen molar-refractivity contribution in [1.29, 1.82) is 0 Å². The van der Waals surface area contributed by atoms with Crippen LogP contribution < -0.4 is 19.7 Å². The summed E-state index contributed by atoms with van der Waals surface area (Å²) in [7, 11) is 1.49. The van der Waals surface area contributed by atoms with Gasteiger partial charge in [-0.05, 0) is 52.3 Å². The van der Waals surface area contributed by atoms with E-state index in [1.807, 2.05) is 50.5 Å². The molecule has 0 fully saturated rings. The average Bonchev–Trinajstić information content (AvgIpc) is 3.54. The highest BCUT2D eigenvalue weighted by Gasteiger charge is 2.64. The largest absolute Gasteiger partial charge is 0.480 e. The lowest BCUT2D eigenvalue weighted by molar-refractivity contribution is -0.119. The van der Waals surface area contributed by atoms with Crippen molar-refractivity contribution < 1.29 is 19.1 Å². The third kappa shape index (κ3) is 3.72. The quantitative estimate of drug-likeness (QED) is 0.347. The molecule has 0 saturated heterocycles. The van der Waals surface area contributed by atoms with Crippen molar-refractivity contribution in [1.82, 2.24) is 24.5 Å². The second-order valence-corrected chi connectivity index (χ2v) is 10.7. The molecule has 6 rings (SSSR count). The zero-order valence-corrected chi connectivity index (χ0v) is 24.2. The molecule has 1 N–H and O–H groups in total. The summed E-state index contributed by atoms with van der Waals surface area (Å²) in [6.07, 6.45) is 3.06. The number of hydrogen-bond acceptors (Lipinski definition) is 8. The van der Waals surface area contributed by atoms with Gasteiger partial charge in [0, 0.05) is 29.7 Å². The minimum atomic E-state index is -1.58. The maximum absolute atomic E-state index is 14.5. The molecule has 2 aliphatic rings. The third-order valence-electron chi connectivity index (χ3n) is 7.36. The number of fused-ring (bicyclic) bond motifs is 4. The van der Waals surface area contributed by atoms with E-state index in [-0.39, 0.29) is 29.5 Å². The molecule has 12 heteroatoms. The van der Waals surface area contributed by atoms with Crippen LogP contribution in [-0.4, -0.2) is 50.0 Å². The lowest BCUT2D eigenvalue weighted by Gasteiger charge is -2.36. The number of carbonyl (C=O) groups is 2. The maximum atomic E-state index is 14.5. The Kier molecular flexibility index (Phi) is 6.22. The Morgan fingerprint density at radius 3 is 2.59 bits per heavy atom. The van der Waals surface area contributed by atoms with E-state index in [0.717, 1.165) is 5.56 Å². The number of halogens is 1. The SMILES string of the molecule is CCOc1ncc(-c2nc3c(n2C(C)C)C2(C(=O)Nc4cc(C)ccc42)N(c2cc(Cl)cnc2C)C3=O)c(OC)n1. The summed E-state index contributed by atoms with van der Waals surface area (Å²) >= 11 is 6.38. The second kappa shape index (κ2) is 9.55.